The molecule has 1 aromatic carbocycles. The van der Waals surface area contributed by atoms with Crippen LogP contribution in [0.4, 0.5) is 11.5 Å². The molecule has 0 aliphatic heterocycles. The van der Waals surface area contributed by atoms with Crippen LogP contribution in [0.1, 0.15) is 5.56 Å². The first-order chi connectivity index (χ1) is 7.74. The molecule has 3 nitrogen and oxygen atoms in total. The number of halogens is 1. The van der Waals surface area contributed by atoms with Crippen molar-refractivity contribution >= 4 is 23.1 Å². The molecule has 0 fully saturated rings. The SMILES string of the molecule is Nc1cc(NCc2ccc(Cl)cc2)ccn1. The van der Waals surface area contributed by atoms with Crippen LogP contribution in [0.3, 0.4) is 0 Å². The van der Waals surface area contributed by atoms with E-state index in [4.69, 9.17) is 17.3 Å². The van der Waals surface area contributed by atoms with Crippen molar-refractivity contribution in [3.05, 3.63) is 53.2 Å². The van der Waals surface area contributed by atoms with E-state index >= 15 is 0 Å². The molecule has 0 atom stereocenters. The van der Waals surface area contributed by atoms with Gasteiger partial charge < -0.3 is 11.1 Å². The lowest BCUT2D eigenvalue weighted by Crippen LogP contribution is -2.00. The molecule has 2 aromatic rings. The van der Waals surface area contributed by atoms with E-state index in [1.165, 1.54) is 5.56 Å². The van der Waals surface area contributed by atoms with Crippen LogP contribution in [-0.4, -0.2) is 4.98 Å². The highest BCUT2D eigenvalue weighted by Crippen LogP contribution is 2.13. The predicted molar refractivity (Wildman–Crippen MR) is 67.4 cm³/mol. The van der Waals surface area contributed by atoms with Gasteiger partial charge in [-0.1, -0.05) is 23.7 Å². The number of rotatable bonds is 3. The summed E-state index contributed by atoms with van der Waals surface area (Å²) in [5.74, 6) is 0.515. The lowest BCUT2D eigenvalue weighted by molar-refractivity contribution is 1.14. The number of anilines is 2. The van der Waals surface area contributed by atoms with Crippen LogP contribution >= 0.6 is 11.6 Å². The Morgan fingerprint density at radius 1 is 1.19 bits per heavy atom. The van der Waals surface area contributed by atoms with Gasteiger partial charge in [0.25, 0.3) is 0 Å². The Morgan fingerprint density at radius 3 is 2.62 bits per heavy atom. The van der Waals surface area contributed by atoms with Crippen molar-refractivity contribution < 1.29 is 0 Å². The second-order valence-electron chi connectivity index (χ2n) is 3.45. The third-order valence-electron chi connectivity index (χ3n) is 2.19. The minimum atomic E-state index is 0.515. The van der Waals surface area contributed by atoms with Crippen molar-refractivity contribution in [2.24, 2.45) is 0 Å². The first kappa shape index (κ1) is 10.8. The van der Waals surface area contributed by atoms with Gasteiger partial charge in [-0.25, -0.2) is 4.98 Å². The fourth-order valence-corrected chi connectivity index (χ4v) is 1.49. The highest BCUT2D eigenvalue weighted by molar-refractivity contribution is 6.30. The Kier molecular flexibility index (Phi) is 3.27. The zero-order valence-corrected chi connectivity index (χ0v) is 9.41. The molecule has 0 unspecified atom stereocenters. The topological polar surface area (TPSA) is 50.9 Å². The second kappa shape index (κ2) is 4.86. The smallest absolute Gasteiger partial charge is 0.125 e. The molecule has 0 spiro atoms. The summed E-state index contributed by atoms with van der Waals surface area (Å²) >= 11 is 5.80. The van der Waals surface area contributed by atoms with Crippen molar-refractivity contribution in [1.29, 1.82) is 0 Å². The minimum absolute atomic E-state index is 0.515. The van der Waals surface area contributed by atoms with E-state index in [1.54, 1.807) is 12.3 Å². The lowest BCUT2D eigenvalue weighted by atomic mass is 10.2. The number of nitrogen functional groups attached to an aromatic ring is 1. The summed E-state index contributed by atoms with van der Waals surface area (Å²) in [5, 5.41) is 4.01. The van der Waals surface area contributed by atoms with Crippen molar-refractivity contribution in [3.8, 4) is 0 Å². The number of nitrogens with one attached hydrogen (secondary N) is 1. The van der Waals surface area contributed by atoms with Gasteiger partial charge in [0.1, 0.15) is 5.82 Å². The molecule has 1 heterocycles. The van der Waals surface area contributed by atoms with E-state index in [9.17, 15) is 0 Å². The maximum atomic E-state index is 5.80. The highest BCUT2D eigenvalue weighted by atomic mass is 35.5. The Hall–Kier alpha value is -1.74. The van der Waals surface area contributed by atoms with Gasteiger partial charge in [0.2, 0.25) is 0 Å². The van der Waals surface area contributed by atoms with Crippen molar-refractivity contribution in [3.63, 3.8) is 0 Å². The fourth-order valence-electron chi connectivity index (χ4n) is 1.36. The molecule has 0 saturated carbocycles. The molecular weight excluding hydrogens is 222 g/mol. The number of hydrogen-bond acceptors (Lipinski definition) is 3. The van der Waals surface area contributed by atoms with Crippen LogP contribution in [0, 0.1) is 0 Å². The van der Waals surface area contributed by atoms with Gasteiger partial charge in [0.15, 0.2) is 0 Å². The molecule has 0 radical (unpaired) electrons. The maximum absolute atomic E-state index is 5.80. The van der Waals surface area contributed by atoms with Crippen LogP contribution < -0.4 is 11.1 Å². The number of hydrogen-bond donors (Lipinski definition) is 2. The lowest BCUT2D eigenvalue weighted by Gasteiger charge is -2.06. The summed E-state index contributed by atoms with van der Waals surface area (Å²) in [6.07, 6.45) is 1.68. The molecule has 0 aliphatic carbocycles. The highest BCUT2D eigenvalue weighted by Gasteiger charge is 1.95. The standard InChI is InChI=1S/C12H12ClN3/c13-10-3-1-9(2-4-10)8-16-11-5-6-15-12(14)7-11/h1-7H,8H2,(H3,14,15,16). The van der Waals surface area contributed by atoms with Crippen molar-refractivity contribution in [2.45, 2.75) is 6.54 Å². The molecular formula is C12H12ClN3. The van der Waals surface area contributed by atoms with Gasteiger partial charge in [-0.2, -0.15) is 0 Å². The number of nitrogens with zero attached hydrogens (tertiary/aromatic N) is 1. The Labute approximate surface area is 99.3 Å². The first-order valence-electron chi connectivity index (χ1n) is 4.94. The van der Waals surface area contributed by atoms with Crippen LogP contribution in [0.15, 0.2) is 42.6 Å². The van der Waals surface area contributed by atoms with E-state index in [1.807, 2.05) is 30.3 Å². The molecule has 0 amide bonds. The maximum Gasteiger partial charge on any atom is 0.125 e. The van der Waals surface area contributed by atoms with Gasteiger partial charge in [0.05, 0.1) is 0 Å². The Bertz CT molecular complexity index is 468. The molecule has 4 heteroatoms. The third-order valence-corrected chi connectivity index (χ3v) is 2.44. The molecule has 3 N–H and O–H groups in total. The van der Waals surface area contributed by atoms with E-state index in [0.29, 0.717) is 5.82 Å². The summed E-state index contributed by atoms with van der Waals surface area (Å²) in [5.41, 5.74) is 7.71. The summed E-state index contributed by atoms with van der Waals surface area (Å²) in [6.45, 7) is 0.737. The predicted octanol–water partition coefficient (Wildman–Crippen LogP) is 2.93. The zero-order valence-electron chi connectivity index (χ0n) is 8.65. The van der Waals surface area contributed by atoms with E-state index in [2.05, 4.69) is 10.3 Å². The monoisotopic (exact) mass is 233 g/mol. The Balaban J connectivity index is 1.99. The fraction of sp³-hybridized carbons (Fsp3) is 0.0833. The van der Waals surface area contributed by atoms with Crippen molar-refractivity contribution in [2.75, 3.05) is 11.1 Å². The number of nitrogens with two attached hydrogens (primary N) is 1. The average molecular weight is 234 g/mol. The molecule has 82 valence electrons. The van der Waals surface area contributed by atoms with Gasteiger partial charge >= 0.3 is 0 Å². The normalized spacial score (nSPS) is 10.1. The molecule has 0 saturated heterocycles. The number of aromatic nitrogens is 1. The van der Waals surface area contributed by atoms with Crippen LogP contribution in [-0.2, 0) is 6.54 Å². The minimum Gasteiger partial charge on any atom is -0.384 e. The van der Waals surface area contributed by atoms with Gasteiger partial charge in [0, 0.05) is 29.5 Å². The first-order valence-corrected chi connectivity index (χ1v) is 5.32. The number of pyridine rings is 1. The van der Waals surface area contributed by atoms with Crippen LogP contribution in [0.25, 0.3) is 0 Å². The van der Waals surface area contributed by atoms with Crippen LogP contribution in [0.2, 0.25) is 5.02 Å². The summed E-state index contributed by atoms with van der Waals surface area (Å²) in [4.78, 5) is 3.93. The molecule has 0 aliphatic rings. The largest absolute Gasteiger partial charge is 0.384 e. The van der Waals surface area contributed by atoms with Crippen LogP contribution in [0.5, 0.6) is 0 Å². The van der Waals surface area contributed by atoms with E-state index in [-0.39, 0.29) is 0 Å². The van der Waals surface area contributed by atoms with Crippen molar-refractivity contribution in [1.82, 2.24) is 4.98 Å². The van der Waals surface area contributed by atoms with Gasteiger partial charge in [-0.15, -0.1) is 0 Å². The molecule has 16 heavy (non-hydrogen) atoms. The summed E-state index contributed by atoms with van der Waals surface area (Å²) in [7, 11) is 0. The second-order valence-corrected chi connectivity index (χ2v) is 3.89. The molecule has 0 bridgehead atoms. The molecule has 1 aromatic heterocycles. The quantitative estimate of drug-likeness (QED) is 0.857. The molecule has 2 rings (SSSR count). The van der Waals surface area contributed by atoms with Gasteiger partial charge in [-0.3, -0.25) is 0 Å². The van der Waals surface area contributed by atoms with E-state index < -0.39 is 0 Å². The van der Waals surface area contributed by atoms with E-state index in [0.717, 1.165) is 17.3 Å². The average Bonchev–Trinajstić information content (AvgIpc) is 2.28. The Morgan fingerprint density at radius 2 is 1.94 bits per heavy atom. The summed E-state index contributed by atoms with van der Waals surface area (Å²) < 4.78 is 0. The van der Waals surface area contributed by atoms with Gasteiger partial charge in [-0.05, 0) is 23.8 Å². The zero-order chi connectivity index (χ0) is 11.4. The number of benzene rings is 1. The third kappa shape index (κ3) is 2.87. The summed E-state index contributed by atoms with van der Waals surface area (Å²) in [6, 6.07) is 11.4.